The summed E-state index contributed by atoms with van der Waals surface area (Å²) in [5.41, 5.74) is 8.31. The molecule has 0 aromatic carbocycles. The highest BCUT2D eigenvalue weighted by Gasteiger charge is 2.55. The average molecular weight is 409 g/mol. The first kappa shape index (κ1) is 25.0. The number of fused-ring (bicyclic) bond motifs is 5. The molecule has 5 unspecified atom stereocenters. The van der Waals surface area contributed by atoms with E-state index < -0.39 is 0 Å². The molecule has 5 atom stereocenters. The van der Waals surface area contributed by atoms with Gasteiger partial charge in [0.15, 0.2) is 0 Å². The highest BCUT2D eigenvalue weighted by molar-refractivity contribution is 5.43. The van der Waals surface area contributed by atoms with Gasteiger partial charge in [0, 0.05) is 5.41 Å². The molecule has 4 rings (SSSR count). The summed E-state index contributed by atoms with van der Waals surface area (Å²) >= 11 is 0. The van der Waals surface area contributed by atoms with E-state index in [-0.39, 0.29) is 0 Å². The van der Waals surface area contributed by atoms with E-state index in [0.717, 1.165) is 24.2 Å². The van der Waals surface area contributed by atoms with Gasteiger partial charge in [-0.05, 0) is 88.4 Å². The van der Waals surface area contributed by atoms with Crippen molar-refractivity contribution in [2.75, 3.05) is 0 Å². The molecule has 168 valence electrons. The second-order valence-corrected chi connectivity index (χ2v) is 10.6. The molecule has 0 radical (unpaired) electrons. The minimum atomic E-state index is 0.339. The lowest BCUT2D eigenvalue weighted by atomic mass is 9.51. The summed E-state index contributed by atoms with van der Waals surface area (Å²) in [4.78, 5) is 0. The smallest absolute Gasteiger partial charge is 0.0101 e. The van der Waals surface area contributed by atoms with Crippen molar-refractivity contribution in [3.05, 3.63) is 59.8 Å². The maximum absolute atomic E-state index is 4.44. The van der Waals surface area contributed by atoms with Crippen molar-refractivity contribution in [2.24, 2.45) is 28.6 Å². The minimum Gasteiger partial charge on any atom is -0.100 e. The van der Waals surface area contributed by atoms with Crippen LogP contribution in [0.1, 0.15) is 99.8 Å². The summed E-state index contributed by atoms with van der Waals surface area (Å²) < 4.78 is 0. The van der Waals surface area contributed by atoms with Crippen LogP contribution < -0.4 is 0 Å². The van der Waals surface area contributed by atoms with Crippen LogP contribution in [0.25, 0.3) is 0 Å². The zero-order valence-electron chi connectivity index (χ0n) is 21.2. The molecule has 0 amide bonds. The first-order valence-electron chi connectivity index (χ1n) is 12.5. The van der Waals surface area contributed by atoms with Crippen LogP contribution in [0.2, 0.25) is 0 Å². The van der Waals surface area contributed by atoms with Crippen molar-refractivity contribution >= 4 is 0 Å². The molecule has 4 aliphatic rings. The topological polar surface area (TPSA) is 0 Å². The molecular formula is C30H48. The van der Waals surface area contributed by atoms with E-state index in [1.165, 1.54) is 61.7 Å². The van der Waals surface area contributed by atoms with E-state index in [0.29, 0.717) is 10.8 Å². The Hall–Kier alpha value is -1.30. The van der Waals surface area contributed by atoms with E-state index in [2.05, 4.69) is 52.7 Å². The lowest BCUT2D eigenvalue weighted by Crippen LogP contribution is -2.44. The second kappa shape index (κ2) is 9.88. The lowest BCUT2D eigenvalue weighted by molar-refractivity contribution is 0.0963. The Morgan fingerprint density at radius 3 is 2.30 bits per heavy atom. The van der Waals surface area contributed by atoms with Gasteiger partial charge in [-0.1, -0.05) is 87.8 Å². The predicted molar refractivity (Wildman–Crippen MR) is 136 cm³/mol. The number of rotatable bonds is 2. The maximum Gasteiger partial charge on any atom is 0.0101 e. The Labute approximate surface area is 188 Å². The van der Waals surface area contributed by atoms with Crippen molar-refractivity contribution in [1.82, 2.24) is 0 Å². The van der Waals surface area contributed by atoms with Crippen LogP contribution in [-0.2, 0) is 0 Å². The zero-order valence-corrected chi connectivity index (χ0v) is 21.2. The van der Waals surface area contributed by atoms with Crippen LogP contribution >= 0.6 is 0 Å². The normalized spacial score (nSPS) is 36.4. The molecule has 30 heavy (non-hydrogen) atoms. The maximum atomic E-state index is 4.44. The zero-order chi connectivity index (χ0) is 22.7. The van der Waals surface area contributed by atoms with Gasteiger partial charge in [-0.25, -0.2) is 0 Å². The van der Waals surface area contributed by atoms with Crippen molar-refractivity contribution < 1.29 is 0 Å². The molecule has 2 fully saturated rings. The van der Waals surface area contributed by atoms with Gasteiger partial charge in [0.05, 0.1) is 0 Å². The van der Waals surface area contributed by atoms with Crippen LogP contribution in [0.15, 0.2) is 59.8 Å². The Kier molecular flexibility index (Phi) is 8.22. The molecule has 0 spiro atoms. The molecule has 0 N–H and O–H groups in total. The average Bonchev–Trinajstić information content (AvgIpc) is 3.06. The molecule has 2 saturated carbocycles. The van der Waals surface area contributed by atoms with Gasteiger partial charge in [-0.2, -0.15) is 0 Å². The summed E-state index contributed by atoms with van der Waals surface area (Å²) in [6.07, 6.45) is 15.5. The van der Waals surface area contributed by atoms with E-state index in [4.69, 9.17) is 0 Å². The van der Waals surface area contributed by atoms with Gasteiger partial charge < -0.3 is 0 Å². The second-order valence-electron chi connectivity index (χ2n) is 10.6. The van der Waals surface area contributed by atoms with E-state index in [1.807, 2.05) is 27.7 Å². The first-order valence-corrected chi connectivity index (χ1v) is 12.5. The molecule has 0 heterocycles. The Balaban J connectivity index is 0.000000481. The van der Waals surface area contributed by atoms with Gasteiger partial charge in [0.2, 0.25) is 0 Å². The van der Waals surface area contributed by atoms with E-state index in [1.54, 1.807) is 11.1 Å². The Morgan fingerprint density at radius 2 is 1.70 bits per heavy atom. The summed E-state index contributed by atoms with van der Waals surface area (Å²) in [7, 11) is 0. The van der Waals surface area contributed by atoms with Crippen LogP contribution in [-0.4, -0.2) is 0 Å². The van der Waals surface area contributed by atoms with Crippen molar-refractivity contribution in [2.45, 2.75) is 99.8 Å². The molecule has 4 aliphatic carbocycles. The van der Waals surface area contributed by atoms with Crippen molar-refractivity contribution in [1.29, 1.82) is 0 Å². The standard InChI is InChI=1S/C24H34.C4H8.C2H6/c1-6-17(3)20-9-10-21-19-8-7-18-15-16(2)11-13-23(18,4)22(19)12-14-24(20,21)5;1-4(2)3;1-2/h12,15,19-21H,2-3,6-11,13-14H2,1,4-5H3;1H2,2-3H3;1-2H3. The summed E-state index contributed by atoms with van der Waals surface area (Å²) in [5.74, 6) is 2.46. The van der Waals surface area contributed by atoms with Crippen molar-refractivity contribution in [3.8, 4) is 0 Å². The highest BCUT2D eigenvalue weighted by atomic mass is 14.6. The lowest BCUT2D eigenvalue weighted by Gasteiger charge is -2.54. The number of hydrogen-bond acceptors (Lipinski definition) is 0. The number of hydrogen-bond donors (Lipinski definition) is 0. The fourth-order valence-electron chi connectivity index (χ4n) is 6.86. The van der Waals surface area contributed by atoms with E-state index in [9.17, 15) is 0 Å². The molecule has 0 aromatic rings. The SMILES string of the molecule is C=C(C)C.C=C1C=C2CCC3C(=CCC4(C)C(C(=C)CC)CCC34)C2(C)CC1.CC. The molecule has 0 aliphatic heterocycles. The third-order valence-electron chi connectivity index (χ3n) is 8.40. The van der Waals surface area contributed by atoms with Crippen LogP contribution in [0, 0.1) is 28.6 Å². The molecule has 0 aromatic heterocycles. The fourth-order valence-corrected chi connectivity index (χ4v) is 6.86. The summed E-state index contributed by atoms with van der Waals surface area (Å²) in [6, 6.07) is 0. The molecule has 0 bridgehead atoms. The first-order chi connectivity index (χ1) is 14.1. The highest BCUT2D eigenvalue weighted by Crippen LogP contribution is 2.65. The molecule has 0 heteroatoms. The molecule has 0 saturated heterocycles. The van der Waals surface area contributed by atoms with Gasteiger partial charge >= 0.3 is 0 Å². The summed E-state index contributed by atoms with van der Waals surface area (Å²) in [5, 5.41) is 0. The van der Waals surface area contributed by atoms with Gasteiger partial charge in [-0.3, -0.25) is 0 Å². The van der Waals surface area contributed by atoms with Crippen LogP contribution in [0.5, 0.6) is 0 Å². The summed E-state index contributed by atoms with van der Waals surface area (Å²) in [6.45, 7) is 27.6. The third kappa shape index (κ3) is 4.49. The fraction of sp³-hybridized carbons (Fsp3) is 0.667. The largest absolute Gasteiger partial charge is 0.100 e. The molecular weight excluding hydrogens is 360 g/mol. The molecule has 0 nitrogen and oxygen atoms in total. The third-order valence-corrected chi connectivity index (χ3v) is 8.40. The van der Waals surface area contributed by atoms with Crippen LogP contribution in [0.3, 0.4) is 0 Å². The van der Waals surface area contributed by atoms with Crippen molar-refractivity contribution in [3.63, 3.8) is 0 Å². The minimum absolute atomic E-state index is 0.339. The quantitative estimate of drug-likeness (QED) is 0.399. The van der Waals surface area contributed by atoms with Crippen LogP contribution in [0.4, 0.5) is 0 Å². The predicted octanol–water partition coefficient (Wildman–Crippen LogP) is 9.62. The number of allylic oxidation sites excluding steroid dienone is 7. The van der Waals surface area contributed by atoms with Gasteiger partial charge in [-0.15, -0.1) is 6.58 Å². The van der Waals surface area contributed by atoms with Gasteiger partial charge in [0.25, 0.3) is 0 Å². The Bertz CT molecular complexity index is 725. The monoisotopic (exact) mass is 408 g/mol. The Morgan fingerprint density at radius 1 is 1.07 bits per heavy atom. The van der Waals surface area contributed by atoms with Gasteiger partial charge in [0.1, 0.15) is 0 Å². The van der Waals surface area contributed by atoms with E-state index >= 15 is 0 Å².